The van der Waals surface area contributed by atoms with Crippen molar-refractivity contribution >= 4 is 11.8 Å². The predicted octanol–water partition coefficient (Wildman–Crippen LogP) is 2.96. The van der Waals surface area contributed by atoms with E-state index in [4.69, 9.17) is 0 Å². The normalized spacial score (nSPS) is 22.1. The maximum Gasteiger partial charge on any atom is 0.0959 e. The van der Waals surface area contributed by atoms with Gasteiger partial charge in [-0.05, 0) is 43.8 Å². The number of pyridine rings is 1. The summed E-state index contributed by atoms with van der Waals surface area (Å²) in [5.74, 6) is 1.09. The maximum absolute atomic E-state index is 4.48. The van der Waals surface area contributed by atoms with E-state index >= 15 is 0 Å². The van der Waals surface area contributed by atoms with E-state index in [-0.39, 0.29) is 0 Å². The molecule has 0 N–H and O–H groups in total. The summed E-state index contributed by atoms with van der Waals surface area (Å²) in [4.78, 5) is 6.90. The fourth-order valence-corrected chi connectivity index (χ4v) is 2.74. The van der Waals surface area contributed by atoms with Gasteiger partial charge in [0.25, 0.3) is 0 Å². The van der Waals surface area contributed by atoms with Gasteiger partial charge in [-0.25, -0.2) is 4.98 Å². The molecule has 1 atom stereocenters. The number of hydrogen-bond acceptors (Lipinski definition) is 3. The molecule has 2 nitrogen and oxygen atoms in total. The van der Waals surface area contributed by atoms with Crippen molar-refractivity contribution in [3.05, 3.63) is 23.9 Å². The molecule has 1 aliphatic rings. The Morgan fingerprint density at radius 1 is 1.53 bits per heavy atom. The summed E-state index contributed by atoms with van der Waals surface area (Å²) in [6.07, 6.45) is 4.63. The average Bonchev–Trinajstić information content (AvgIpc) is 2.66. The Morgan fingerprint density at radius 3 is 2.93 bits per heavy atom. The highest BCUT2D eigenvalue weighted by Crippen LogP contribution is 2.30. The van der Waals surface area contributed by atoms with E-state index in [1.807, 2.05) is 6.20 Å². The number of thioether (sulfide) groups is 1. The Morgan fingerprint density at radius 2 is 2.40 bits per heavy atom. The third-order valence-corrected chi connectivity index (χ3v) is 3.78. The van der Waals surface area contributed by atoms with Crippen LogP contribution in [0, 0.1) is 0 Å². The zero-order valence-corrected chi connectivity index (χ0v) is 10.3. The van der Waals surface area contributed by atoms with Crippen LogP contribution in [0.5, 0.6) is 0 Å². The maximum atomic E-state index is 4.48. The van der Waals surface area contributed by atoms with Gasteiger partial charge in [0.2, 0.25) is 0 Å². The van der Waals surface area contributed by atoms with Crippen molar-refractivity contribution in [2.24, 2.45) is 0 Å². The summed E-state index contributed by atoms with van der Waals surface area (Å²) in [6.45, 7) is 3.38. The highest BCUT2D eigenvalue weighted by molar-refractivity contribution is 7.99. The van der Waals surface area contributed by atoms with Crippen molar-refractivity contribution in [3.8, 4) is 0 Å². The van der Waals surface area contributed by atoms with Crippen LogP contribution >= 0.6 is 11.8 Å². The molecule has 0 saturated carbocycles. The topological polar surface area (TPSA) is 16.1 Å². The first-order valence-corrected chi connectivity index (χ1v) is 6.59. The minimum Gasteiger partial charge on any atom is -0.299 e. The lowest BCUT2D eigenvalue weighted by atomic mass is 10.1. The van der Waals surface area contributed by atoms with E-state index in [1.165, 1.54) is 24.9 Å². The summed E-state index contributed by atoms with van der Waals surface area (Å²) in [6, 6.07) is 4.98. The summed E-state index contributed by atoms with van der Waals surface area (Å²) >= 11 is 1.80. The highest BCUT2D eigenvalue weighted by Gasteiger charge is 2.22. The molecule has 1 saturated heterocycles. The third kappa shape index (κ3) is 2.52. The van der Waals surface area contributed by atoms with Crippen LogP contribution < -0.4 is 0 Å². The van der Waals surface area contributed by atoms with E-state index in [0.29, 0.717) is 6.04 Å². The van der Waals surface area contributed by atoms with Crippen LogP contribution in [-0.4, -0.2) is 29.2 Å². The van der Waals surface area contributed by atoms with Gasteiger partial charge < -0.3 is 0 Å². The SMILES string of the molecule is CCSc1ccc(C2CCCN2C)cn1. The number of nitrogens with zero attached hydrogens (tertiary/aromatic N) is 2. The predicted molar refractivity (Wildman–Crippen MR) is 65.2 cm³/mol. The molecular formula is C12H18N2S. The average molecular weight is 222 g/mol. The summed E-state index contributed by atoms with van der Waals surface area (Å²) in [7, 11) is 2.20. The molecule has 1 aromatic heterocycles. The third-order valence-electron chi connectivity index (χ3n) is 2.96. The Bertz CT molecular complexity index is 310. The molecule has 0 spiro atoms. The monoisotopic (exact) mass is 222 g/mol. The Balaban J connectivity index is 2.09. The van der Waals surface area contributed by atoms with Crippen molar-refractivity contribution in [2.45, 2.75) is 30.8 Å². The standard InChI is InChI=1S/C12H18N2S/c1-3-15-12-7-6-10(9-13-12)11-5-4-8-14(11)2/h6-7,9,11H,3-5,8H2,1-2H3. The lowest BCUT2D eigenvalue weighted by Crippen LogP contribution is -2.17. The molecular weight excluding hydrogens is 204 g/mol. The van der Waals surface area contributed by atoms with Gasteiger partial charge in [0.15, 0.2) is 0 Å². The molecule has 1 aromatic rings. The Hall–Kier alpha value is -0.540. The molecule has 0 bridgehead atoms. The van der Waals surface area contributed by atoms with E-state index in [9.17, 15) is 0 Å². The zero-order valence-electron chi connectivity index (χ0n) is 9.44. The highest BCUT2D eigenvalue weighted by atomic mass is 32.2. The van der Waals surface area contributed by atoms with Gasteiger partial charge >= 0.3 is 0 Å². The van der Waals surface area contributed by atoms with Crippen molar-refractivity contribution < 1.29 is 0 Å². The first kappa shape index (κ1) is 11.0. The molecule has 82 valence electrons. The molecule has 1 aliphatic heterocycles. The molecule has 2 rings (SSSR count). The lowest BCUT2D eigenvalue weighted by Gasteiger charge is -2.19. The quantitative estimate of drug-likeness (QED) is 0.731. The van der Waals surface area contributed by atoms with E-state index < -0.39 is 0 Å². The smallest absolute Gasteiger partial charge is 0.0959 e. The Kier molecular flexibility index (Phi) is 3.65. The molecule has 0 aliphatic carbocycles. The van der Waals surface area contributed by atoms with Gasteiger partial charge in [0.05, 0.1) is 5.03 Å². The minimum absolute atomic E-state index is 0.596. The molecule has 0 radical (unpaired) electrons. The van der Waals surface area contributed by atoms with Crippen LogP contribution in [0.25, 0.3) is 0 Å². The van der Waals surface area contributed by atoms with Gasteiger partial charge in [-0.15, -0.1) is 11.8 Å². The van der Waals surface area contributed by atoms with Crippen LogP contribution in [0.4, 0.5) is 0 Å². The number of aromatic nitrogens is 1. The lowest BCUT2D eigenvalue weighted by molar-refractivity contribution is 0.317. The fourth-order valence-electron chi connectivity index (χ4n) is 2.15. The van der Waals surface area contributed by atoms with E-state index in [2.05, 4.69) is 36.0 Å². The molecule has 0 aromatic carbocycles. The van der Waals surface area contributed by atoms with Crippen molar-refractivity contribution in [1.29, 1.82) is 0 Å². The van der Waals surface area contributed by atoms with Gasteiger partial charge in [-0.3, -0.25) is 4.90 Å². The zero-order chi connectivity index (χ0) is 10.7. The number of rotatable bonds is 3. The van der Waals surface area contributed by atoms with Crippen LogP contribution in [0.3, 0.4) is 0 Å². The second-order valence-corrected chi connectivity index (χ2v) is 5.29. The number of likely N-dealkylation sites (tertiary alicyclic amines) is 1. The van der Waals surface area contributed by atoms with Crippen molar-refractivity contribution in [3.63, 3.8) is 0 Å². The molecule has 1 fully saturated rings. The van der Waals surface area contributed by atoms with Crippen molar-refractivity contribution in [2.75, 3.05) is 19.3 Å². The van der Waals surface area contributed by atoms with Gasteiger partial charge in [-0.2, -0.15) is 0 Å². The summed E-state index contributed by atoms with van der Waals surface area (Å²) in [5, 5.41) is 1.14. The van der Waals surface area contributed by atoms with E-state index in [0.717, 1.165) is 10.8 Å². The van der Waals surface area contributed by atoms with Crippen LogP contribution in [0.15, 0.2) is 23.4 Å². The first-order valence-electron chi connectivity index (χ1n) is 5.60. The van der Waals surface area contributed by atoms with Gasteiger partial charge in [0, 0.05) is 12.2 Å². The van der Waals surface area contributed by atoms with Gasteiger partial charge in [-0.1, -0.05) is 13.0 Å². The molecule has 1 unspecified atom stereocenters. The van der Waals surface area contributed by atoms with Crippen LogP contribution in [-0.2, 0) is 0 Å². The van der Waals surface area contributed by atoms with Crippen molar-refractivity contribution in [1.82, 2.24) is 9.88 Å². The van der Waals surface area contributed by atoms with Crippen LogP contribution in [0.2, 0.25) is 0 Å². The second-order valence-electron chi connectivity index (χ2n) is 4.00. The van der Waals surface area contributed by atoms with Gasteiger partial charge in [0.1, 0.15) is 0 Å². The molecule has 15 heavy (non-hydrogen) atoms. The fraction of sp³-hybridized carbons (Fsp3) is 0.583. The summed E-state index contributed by atoms with van der Waals surface area (Å²) in [5.41, 5.74) is 1.37. The van der Waals surface area contributed by atoms with Crippen LogP contribution in [0.1, 0.15) is 31.4 Å². The Labute approximate surface area is 96.1 Å². The molecule has 0 amide bonds. The molecule has 2 heterocycles. The molecule has 3 heteroatoms. The minimum atomic E-state index is 0.596. The van der Waals surface area contributed by atoms with E-state index in [1.54, 1.807) is 11.8 Å². The number of hydrogen-bond donors (Lipinski definition) is 0. The summed E-state index contributed by atoms with van der Waals surface area (Å²) < 4.78 is 0. The largest absolute Gasteiger partial charge is 0.299 e. The first-order chi connectivity index (χ1) is 7.31. The second kappa shape index (κ2) is 4.99.